The van der Waals surface area contributed by atoms with E-state index in [1.165, 1.54) is 64.2 Å². The predicted octanol–water partition coefficient (Wildman–Crippen LogP) is 7.26. The minimum absolute atomic E-state index is 0. The van der Waals surface area contributed by atoms with E-state index < -0.39 is 17.9 Å². The Morgan fingerprint density at radius 2 is 1.52 bits per heavy atom. The van der Waals surface area contributed by atoms with Crippen LogP contribution in [0.2, 0.25) is 0 Å². The Balaban J connectivity index is 0.00000171. The van der Waals surface area contributed by atoms with E-state index in [4.69, 9.17) is 10.2 Å². The smallest absolute Gasteiger partial charge is 0.317 e. The van der Waals surface area contributed by atoms with Gasteiger partial charge in [0.25, 0.3) is 0 Å². The van der Waals surface area contributed by atoms with Crippen LogP contribution in [0.25, 0.3) is 0 Å². The van der Waals surface area contributed by atoms with Crippen LogP contribution in [0.3, 0.4) is 0 Å². The van der Waals surface area contributed by atoms with Gasteiger partial charge in [0, 0.05) is 0 Å². The molecule has 0 heterocycles. The van der Waals surface area contributed by atoms with Crippen molar-refractivity contribution in [1.29, 1.82) is 0 Å². The summed E-state index contributed by atoms with van der Waals surface area (Å²) in [5, 5.41) is 18.3. The lowest BCUT2D eigenvalue weighted by atomic mass is 9.45. The SMILES string of the molecule is C.C.CC12CCCCC1CCC1C2CCC2(C)C(CCCC(C(=O)O)C(=O)O)CCC12. The van der Waals surface area contributed by atoms with Crippen LogP contribution in [-0.4, -0.2) is 22.2 Å². The minimum Gasteiger partial charge on any atom is -0.481 e. The average Bonchev–Trinajstić information content (AvgIpc) is 3.00. The monoisotopic (exact) mass is 436 g/mol. The second-order valence-corrected chi connectivity index (χ2v) is 11.4. The molecule has 31 heavy (non-hydrogen) atoms. The number of rotatable bonds is 6. The maximum atomic E-state index is 11.2. The molecular formula is C27H48O4. The number of fused-ring (bicyclic) bond motifs is 5. The van der Waals surface area contributed by atoms with Gasteiger partial charge in [0.2, 0.25) is 0 Å². The van der Waals surface area contributed by atoms with Crippen molar-refractivity contribution in [3.05, 3.63) is 0 Å². The van der Waals surface area contributed by atoms with E-state index in [-0.39, 0.29) is 21.3 Å². The van der Waals surface area contributed by atoms with Crippen molar-refractivity contribution in [2.75, 3.05) is 0 Å². The van der Waals surface area contributed by atoms with Crippen molar-refractivity contribution in [1.82, 2.24) is 0 Å². The van der Waals surface area contributed by atoms with Gasteiger partial charge >= 0.3 is 11.9 Å². The van der Waals surface area contributed by atoms with E-state index in [0.29, 0.717) is 16.7 Å². The van der Waals surface area contributed by atoms with E-state index in [2.05, 4.69) is 13.8 Å². The third-order valence-electron chi connectivity index (χ3n) is 10.4. The molecule has 7 atom stereocenters. The molecule has 0 aromatic rings. The Bertz CT molecular complexity index is 631. The van der Waals surface area contributed by atoms with Gasteiger partial charge in [0.15, 0.2) is 5.92 Å². The molecule has 180 valence electrons. The summed E-state index contributed by atoms with van der Waals surface area (Å²) in [7, 11) is 0. The average molecular weight is 437 g/mol. The second-order valence-electron chi connectivity index (χ2n) is 11.4. The first-order chi connectivity index (χ1) is 13.8. The normalized spacial score (nSPS) is 41.2. The van der Waals surface area contributed by atoms with E-state index in [1.54, 1.807) is 0 Å². The molecule has 0 amide bonds. The molecule has 4 fully saturated rings. The number of carboxylic acids is 2. The highest BCUT2D eigenvalue weighted by Crippen LogP contribution is 2.67. The second kappa shape index (κ2) is 9.83. The number of carboxylic acid groups (broad SMARTS) is 2. The first kappa shape index (κ1) is 26.2. The lowest BCUT2D eigenvalue weighted by Gasteiger charge is -2.60. The van der Waals surface area contributed by atoms with Gasteiger partial charge < -0.3 is 10.2 Å². The van der Waals surface area contributed by atoms with Gasteiger partial charge in [0.1, 0.15) is 0 Å². The Labute approximate surface area is 190 Å². The van der Waals surface area contributed by atoms with Crippen LogP contribution in [-0.2, 0) is 9.59 Å². The maximum absolute atomic E-state index is 11.2. The largest absolute Gasteiger partial charge is 0.481 e. The molecule has 4 saturated carbocycles. The quantitative estimate of drug-likeness (QED) is 0.429. The van der Waals surface area contributed by atoms with Crippen LogP contribution in [0.15, 0.2) is 0 Å². The van der Waals surface area contributed by atoms with Crippen LogP contribution in [0.5, 0.6) is 0 Å². The van der Waals surface area contributed by atoms with Gasteiger partial charge in [-0.3, -0.25) is 9.59 Å². The lowest BCUT2D eigenvalue weighted by molar-refractivity contribution is -0.154. The van der Waals surface area contributed by atoms with Crippen LogP contribution >= 0.6 is 0 Å². The van der Waals surface area contributed by atoms with Crippen molar-refractivity contribution in [2.24, 2.45) is 46.3 Å². The van der Waals surface area contributed by atoms with E-state index in [0.717, 1.165) is 36.5 Å². The van der Waals surface area contributed by atoms with Gasteiger partial charge in [-0.2, -0.15) is 0 Å². The molecule has 0 aliphatic heterocycles. The molecule has 2 N–H and O–H groups in total. The van der Waals surface area contributed by atoms with Crippen molar-refractivity contribution in [3.8, 4) is 0 Å². The Morgan fingerprint density at radius 1 is 0.839 bits per heavy atom. The Hall–Kier alpha value is -1.06. The molecule has 0 spiro atoms. The molecule has 0 aromatic carbocycles. The fourth-order valence-corrected chi connectivity index (χ4v) is 8.80. The highest BCUT2D eigenvalue weighted by Gasteiger charge is 2.59. The number of hydrogen-bond donors (Lipinski definition) is 2. The molecule has 4 aliphatic carbocycles. The van der Waals surface area contributed by atoms with Crippen LogP contribution in [0, 0.1) is 46.3 Å². The Morgan fingerprint density at radius 3 is 2.19 bits per heavy atom. The highest BCUT2D eigenvalue weighted by molar-refractivity contribution is 5.92. The summed E-state index contributed by atoms with van der Waals surface area (Å²) in [6.07, 6.45) is 15.9. The molecule has 0 aromatic heterocycles. The number of carbonyl (C=O) groups is 2. The van der Waals surface area contributed by atoms with Crippen LogP contribution in [0.4, 0.5) is 0 Å². The van der Waals surface area contributed by atoms with Crippen molar-refractivity contribution in [3.63, 3.8) is 0 Å². The molecule has 4 nitrogen and oxygen atoms in total. The van der Waals surface area contributed by atoms with Crippen molar-refractivity contribution < 1.29 is 19.8 Å². The molecular weight excluding hydrogens is 388 g/mol. The van der Waals surface area contributed by atoms with Crippen molar-refractivity contribution in [2.45, 2.75) is 112 Å². The molecule has 4 rings (SSSR count). The van der Waals surface area contributed by atoms with E-state index >= 15 is 0 Å². The summed E-state index contributed by atoms with van der Waals surface area (Å²) in [6, 6.07) is 0. The topological polar surface area (TPSA) is 74.6 Å². The maximum Gasteiger partial charge on any atom is 0.317 e. The van der Waals surface area contributed by atoms with E-state index in [1.807, 2.05) is 0 Å². The van der Waals surface area contributed by atoms with Crippen LogP contribution in [0.1, 0.15) is 112 Å². The Kier molecular flexibility index (Phi) is 8.31. The summed E-state index contributed by atoms with van der Waals surface area (Å²) in [5.41, 5.74) is 0.970. The van der Waals surface area contributed by atoms with Gasteiger partial charge in [-0.15, -0.1) is 0 Å². The molecule has 0 bridgehead atoms. The highest BCUT2D eigenvalue weighted by atomic mass is 16.4. The fourth-order valence-electron chi connectivity index (χ4n) is 8.80. The fraction of sp³-hybridized carbons (Fsp3) is 0.926. The summed E-state index contributed by atoms with van der Waals surface area (Å²) in [4.78, 5) is 22.4. The minimum atomic E-state index is -1.24. The third kappa shape index (κ3) is 4.42. The molecule has 0 saturated heterocycles. The summed E-state index contributed by atoms with van der Waals surface area (Å²) in [6.45, 7) is 5.15. The zero-order valence-electron chi connectivity index (χ0n) is 18.4. The van der Waals surface area contributed by atoms with Gasteiger partial charge in [0.05, 0.1) is 0 Å². The third-order valence-corrected chi connectivity index (χ3v) is 10.4. The molecule has 4 heteroatoms. The van der Waals surface area contributed by atoms with Gasteiger partial charge in [-0.05, 0) is 105 Å². The molecule has 7 unspecified atom stereocenters. The number of aliphatic carboxylic acids is 2. The van der Waals surface area contributed by atoms with E-state index in [9.17, 15) is 9.59 Å². The zero-order chi connectivity index (χ0) is 20.8. The predicted molar refractivity (Wildman–Crippen MR) is 126 cm³/mol. The first-order valence-electron chi connectivity index (χ1n) is 12.2. The van der Waals surface area contributed by atoms with Crippen LogP contribution < -0.4 is 0 Å². The molecule has 0 radical (unpaired) electrons. The van der Waals surface area contributed by atoms with Gasteiger partial charge in [-0.1, -0.05) is 48.0 Å². The lowest BCUT2D eigenvalue weighted by Crippen LogP contribution is -2.52. The van der Waals surface area contributed by atoms with Crippen molar-refractivity contribution >= 4 is 11.9 Å². The number of hydrogen-bond acceptors (Lipinski definition) is 2. The molecule has 4 aliphatic rings. The zero-order valence-corrected chi connectivity index (χ0v) is 18.4. The summed E-state index contributed by atoms with van der Waals surface area (Å²) >= 11 is 0. The van der Waals surface area contributed by atoms with Gasteiger partial charge in [-0.25, -0.2) is 0 Å². The summed E-state index contributed by atoms with van der Waals surface area (Å²) in [5.74, 6) is 0.636. The first-order valence-corrected chi connectivity index (χ1v) is 12.2. The summed E-state index contributed by atoms with van der Waals surface area (Å²) < 4.78 is 0. The standard InChI is InChI=1S/C25H40O4.2CH4/c1-24-14-4-3-6-16(24)9-11-18-20-12-10-17(25(20,2)15-13-21(18)24)7-5-8-19(22(26)27)23(28)29;;/h16-21H,3-15H2,1-2H3,(H,26,27)(H,28,29);2*1H4.